The molecule has 1 heterocycles. The molecule has 2 fully saturated rings. The molecule has 0 radical (unpaired) electrons. The van der Waals surface area contributed by atoms with E-state index in [2.05, 4.69) is 21.6 Å². The minimum atomic E-state index is 0.400. The molecule has 1 aromatic heterocycles. The summed E-state index contributed by atoms with van der Waals surface area (Å²) in [5.74, 6) is 2.58. The Balaban J connectivity index is 1.62. The average Bonchev–Trinajstić information content (AvgIpc) is 3.15. The van der Waals surface area contributed by atoms with Gasteiger partial charge in [-0.3, -0.25) is 0 Å². The van der Waals surface area contributed by atoms with E-state index in [9.17, 15) is 5.26 Å². The molecule has 2 saturated carbocycles. The van der Waals surface area contributed by atoms with Gasteiger partial charge < -0.3 is 5.32 Å². The van der Waals surface area contributed by atoms with Gasteiger partial charge in [0.1, 0.15) is 6.07 Å². The van der Waals surface area contributed by atoms with Crippen molar-refractivity contribution in [3.05, 3.63) is 30.0 Å². The number of benzene rings is 1. The number of nitriles is 1. The highest BCUT2D eigenvalue weighted by molar-refractivity contribution is 5.92. The first-order chi connectivity index (χ1) is 10.3. The van der Waals surface area contributed by atoms with E-state index in [0.717, 1.165) is 40.9 Å². The predicted octanol–water partition coefficient (Wildman–Crippen LogP) is 3.35. The fraction of sp³-hybridized carbons (Fsp3) is 0.471. The lowest BCUT2D eigenvalue weighted by Crippen LogP contribution is -2.20. The Morgan fingerprint density at radius 1 is 1.19 bits per heavy atom. The Morgan fingerprint density at radius 2 is 2.10 bits per heavy atom. The lowest BCUT2D eigenvalue weighted by Gasteiger charge is -2.22. The fourth-order valence-electron chi connectivity index (χ4n) is 4.17. The SMILES string of the molecule is N#Cc1nnc2ccccc2c1NCC1CC2CCC1C2. The summed E-state index contributed by atoms with van der Waals surface area (Å²) in [5, 5.41) is 21.9. The molecule has 21 heavy (non-hydrogen) atoms. The second-order valence-electron chi connectivity index (χ2n) is 6.37. The van der Waals surface area contributed by atoms with Crippen LogP contribution in [0.15, 0.2) is 24.3 Å². The van der Waals surface area contributed by atoms with Crippen molar-refractivity contribution in [3.8, 4) is 6.07 Å². The zero-order valence-corrected chi connectivity index (χ0v) is 11.9. The maximum Gasteiger partial charge on any atom is 0.186 e. The van der Waals surface area contributed by atoms with Gasteiger partial charge in [-0.15, -0.1) is 10.2 Å². The first-order valence-corrected chi connectivity index (χ1v) is 7.74. The maximum atomic E-state index is 9.28. The van der Waals surface area contributed by atoms with Crippen LogP contribution in [-0.4, -0.2) is 16.7 Å². The summed E-state index contributed by atoms with van der Waals surface area (Å²) in [4.78, 5) is 0. The Bertz CT molecular complexity index is 718. The van der Waals surface area contributed by atoms with Gasteiger partial charge in [0.05, 0.1) is 11.2 Å². The van der Waals surface area contributed by atoms with Gasteiger partial charge in [0.15, 0.2) is 5.69 Å². The molecule has 2 aliphatic rings. The van der Waals surface area contributed by atoms with Crippen LogP contribution in [0.4, 0.5) is 5.69 Å². The van der Waals surface area contributed by atoms with Gasteiger partial charge in [-0.25, -0.2) is 0 Å². The van der Waals surface area contributed by atoms with E-state index in [1.54, 1.807) is 0 Å². The highest BCUT2D eigenvalue weighted by Gasteiger charge is 2.39. The molecule has 0 aliphatic heterocycles. The number of anilines is 1. The van der Waals surface area contributed by atoms with E-state index in [0.29, 0.717) is 5.69 Å². The number of aromatic nitrogens is 2. The van der Waals surface area contributed by atoms with Crippen molar-refractivity contribution < 1.29 is 0 Å². The van der Waals surface area contributed by atoms with Crippen LogP contribution in [0.1, 0.15) is 31.4 Å². The molecule has 2 aliphatic carbocycles. The summed E-state index contributed by atoms with van der Waals surface area (Å²) in [7, 11) is 0. The van der Waals surface area contributed by atoms with Crippen LogP contribution in [0.3, 0.4) is 0 Å². The predicted molar refractivity (Wildman–Crippen MR) is 81.7 cm³/mol. The summed E-state index contributed by atoms with van der Waals surface area (Å²) in [6.45, 7) is 0.950. The zero-order chi connectivity index (χ0) is 14.2. The average molecular weight is 278 g/mol. The van der Waals surface area contributed by atoms with Crippen LogP contribution in [0.2, 0.25) is 0 Å². The van der Waals surface area contributed by atoms with Gasteiger partial charge in [0.25, 0.3) is 0 Å². The molecule has 4 rings (SSSR count). The van der Waals surface area contributed by atoms with E-state index >= 15 is 0 Å². The Morgan fingerprint density at radius 3 is 2.86 bits per heavy atom. The van der Waals surface area contributed by atoms with E-state index in [4.69, 9.17) is 0 Å². The Hall–Kier alpha value is -2.15. The number of nitrogens with one attached hydrogen (secondary N) is 1. The minimum absolute atomic E-state index is 0.400. The molecule has 0 saturated heterocycles. The highest BCUT2D eigenvalue weighted by atomic mass is 15.1. The van der Waals surface area contributed by atoms with Crippen molar-refractivity contribution >= 4 is 16.6 Å². The molecular weight excluding hydrogens is 260 g/mol. The Labute approximate surface area is 124 Å². The van der Waals surface area contributed by atoms with Crippen LogP contribution in [0, 0.1) is 29.1 Å². The van der Waals surface area contributed by atoms with Crippen molar-refractivity contribution in [2.45, 2.75) is 25.7 Å². The molecule has 2 bridgehead atoms. The molecule has 4 heteroatoms. The topological polar surface area (TPSA) is 61.6 Å². The summed E-state index contributed by atoms with van der Waals surface area (Å²) in [6, 6.07) is 10.0. The van der Waals surface area contributed by atoms with Gasteiger partial charge in [-0.05, 0) is 43.1 Å². The standard InChI is InChI=1S/C17H18N4/c18-9-16-17(14-3-1-2-4-15(14)20-21-16)19-10-13-8-11-5-6-12(13)7-11/h1-4,11-13H,5-8,10H2,(H,19,20). The molecule has 1 N–H and O–H groups in total. The molecule has 106 valence electrons. The quantitative estimate of drug-likeness (QED) is 0.935. The van der Waals surface area contributed by atoms with E-state index in [-0.39, 0.29) is 0 Å². The van der Waals surface area contributed by atoms with Crippen LogP contribution >= 0.6 is 0 Å². The van der Waals surface area contributed by atoms with E-state index in [1.807, 2.05) is 24.3 Å². The number of nitrogens with zero attached hydrogens (tertiary/aromatic N) is 3. The van der Waals surface area contributed by atoms with Gasteiger partial charge in [0.2, 0.25) is 0 Å². The molecule has 2 aromatic rings. The fourth-order valence-corrected chi connectivity index (χ4v) is 4.17. The van der Waals surface area contributed by atoms with Crippen LogP contribution < -0.4 is 5.32 Å². The second-order valence-corrected chi connectivity index (χ2v) is 6.37. The van der Waals surface area contributed by atoms with E-state index < -0.39 is 0 Å². The highest BCUT2D eigenvalue weighted by Crippen LogP contribution is 2.48. The summed E-state index contributed by atoms with van der Waals surface area (Å²) in [5.41, 5.74) is 2.09. The Kier molecular flexibility index (Phi) is 2.99. The first-order valence-electron chi connectivity index (χ1n) is 7.74. The van der Waals surface area contributed by atoms with Gasteiger partial charge in [-0.1, -0.05) is 24.6 Å². The van der Waals surface area contributed by atoms with Crippen molar-refractivity contribution in [1.29, 1.82) is 5.26 Å². The molecule has 3 atom stereocenters. The minimum Gasteiger partial charge on any atom is -0.382 e. The second kappa shape index (κ2) is 5.00. The van der Waals surface area contributed by atoms with Gasteiger partial charge >= 0.3 is 0 Å². The zero-order valence-electron chi connectivity index (χ0n) is 11.9. The summed E-state index contributed by atoms with van der Waals surface area (Å²) in [6.07, 6.45) is 5.56. The molecule has 3 unspecified atom stereocenters. The van der Waals surface area contributed by atoms with Crippen molar-refractivity contribution in [2.75, 3.05) is 11.9 Å². The molecule has 0 spiro atoms. The third-order valence-electron chi connectivity index (χ3n) is 5.20. The number of fused-ring (bicyclic) bond motifs is 3. The van der Waals surface area contributed by atoms with Gasteiger partial charge in [-0.2, -0.15) is 5.26 Å². The largest absolute Gasteiger partial charge is 0.382 e. The lowest BCUT2D eigenvalue weighted by molar-refractivity contribution is 0.348. The molecule has 4 nitrogen and oxygen atoms in total. The molecule has 0 amide bonds. The smallest absolute Gasteiger partial charge is 0.186 e. The first kappa shape index (κ1) is 12.6. The van der Waals surface area contributed by atoms with Gasteiger partial charge in [0, 0.05) is 11.9 Å². The lowest BCUT2D eigenvalue weighted by atomic mass is 9.89. The maximum absolute atomic E-state index is 9.28. The van der Waals surface area contributed by atoms with E-state index in [1.165, 1.54) is 25.7 Å². The van der Waals surface area contributed by atoms with Crippen molar-refractivity contribution in [3.63, 3.8) is 0 Å². The molecular formula is C17H18N4. The normalized spacial score (nSPS) is 26.9. The van der Waals surface area contributed by atoms with Crippen LogP contribution in [-0.2, 0) is 0 Å². The summed E-state index contributed by atoms with van der Waals surface area (Å²) >= 11 is 0. The summed E-state index contributed by atoms with van der Waals surface area (Å²) < 4.78 is 0. The number of hydrogen-bond acceptors (Lipinski definition) is 4. The number of rotatable bonds is 3. The van der Waals surface area contributed by atoms with Crippen LogP contribution in [0.25, 0.3) is 10.9 Å². The monoisotopic (exact) mass is 278 g/mol. The third-order valence-corrected chi connectivity index (χ3v) is 5.20. The number of hydrogen-bond donors (Lipinski definition) is 1. The van der Waals surface area contributed by atoms with Crippen molar-refractivity contribution in [1.82, 2.24) is 10.2 Å². The third kappa shape index (κ3) is 2.13. The van der Waals surface area contributed by atoms with Crippen LogP contribution in [0.5, 0.6) is 0 Å². The van der Waals surface area contributed by atoms with Crippen molar-refractivity contribution in [2.24, 2.45) is 17.8 Å². The molecule has 1 aromatic carbocycles.